The van der Waals surface area contributed by atoms with Crippen LogP contribution in [-0.2, 0) is 9.59 Å². The van der Waals surface area contributed by atoms with Crippen LogP contribution in [0.5, 0.6) is 0 Å². The van der Waals surface area contributed by atoms with E-state index in [0.717, 1.165) is 51.4 Å². The Kier molecular flexibility index (Phi) is 4.85. The van der Waals surface area contributed by atoms with Gasteiger partial charge in [0.25, 0.3) is 0 Å². The summed E-state index contributed by atoms with van der Waals surface area (Å²) in [5.41, 5.74) is 3.29. The predicted molar refractivity (Wildman–Crippen MR) is 132 cm³/mol. The highest BCUT2D eigenvalue weighted by atomic mass is 16.4. The summed E-state index contributed by atoms with van der Waals surface area (Å²) in [5.74, 6) is 1.29. The van der Waals surface area contributed by atoms with Gasteiger partial charge in [-0.25, -0.2) is 0 Å². The summed E-state index contributed by atoms with van der Waals surface area (Å²) in [4.78, 5) is 25.6. The number of rotatable bonds is 1. The molecule has 3 heteroatoms. The second-order valence-corrected chi connectivity index (χ2v) is 13.8. The fraction of sp³-hybridized carbons (Fsp3) is 0.800. The molecule has 3 saturated carbocycles. The number of ketones is 1. The average Bonchev–Trinajstić information content (AvgIpc) is 2.74. The number of allylic oxidation sites excluding steroid dienone is 3. The number of aliphatic carboxylic acids is 1. The van der Waals surface area contributed by atoms with E-state index in [2.05, 4.69) is 54.5 Å². The minimum absolute atomic E-state index is 0.00208. The lowest BCUT2D eigenvalue weighted by Gasteiger charge is -2.69. The number of Topliss-reactive ketones (excluding diaryl/α,β-unsaturated/α-hetero) is 1. The van der Waals surface area contributed by atoms with Crippen LogP contribution >= 0.6 is 0 Å². The molecule has 7 unspecified atom stereocenters. The molecule has 182 valence electrons. The molecule has 5 rings (SSSR count). The lowest BCUT2D eigenvalue weighted by molar-refractivity contribution is -0.179. The highest BCUT2D eigenvalue weighted by Gasteiger charge is 2.68. The van der Waals surface area contributed by atoms with Gasteiger partial charge in [-0.15, -0.1) is 0 Å². The third-order valence-corrected chi connectivity index (χ3v) is 12.6. The van der Waals surface area contributed by atoms with Gasteiger partial charge < -0.3 is 5.11 Å². The first-order valence-electron chi connectivity index (χ1n) is 13.4. The lowest BCUT2D eigenvalue weighted by atomic mass is 9.34. The third-order valence-electron chi connectivity index (χ3n) is 12.6. The summed E-state index contributed by atoms with van der Waals surface area (Å²) in [7, 11) is 0. The van der Waals surface area contributed by atoms with Gasteiger partial charge in [-0.1, -0.05) is 53.2 Å². The van der Waals surface area contributed by atoms with Gasteiger partial charge in [-0.2, -0.15) is 0 Å². The Morgan fingerprint density at radius 3 is 2.33 bits per heavy atom. The molecule has 0 radical (unpaired) electrons. The molecule has 0 bridgehead atoms. The molecule has 3 fully saturated rings. The Bertz CT molecular complexity index is 985. The Hall–Kier alpha value is -1.38. The molecule has 1 N–H and O–H groups in total. The number of hydrogen-bond acceptors (Lipinski definition) is 2. The molecule has 0 spiro atoms. The quantitative estimate of drug-likeness (QED) is 0.452. The maximum absolute atomic E-state index is 12.9. The standard InChI is InChI=1S/C30H44O3/c1-18-10-15-30(25(32)33)17-16-28(6)20(24(30)19(18)2)8-9-22-27(5)13-12-23(31)26(3,4)21(27)11-14-29(22,28)7/h8,18,21-22H,9-17H2,1-7H3,(H,32,33). The molecule has 5 aliphatic rings. The SMILES string of the molecule is CC1=C2C3=CCC4C5(C)CCC(=O)C(C)(C)C5CCC4(C)C3(C)CCC2(C(=O)O)CCC1C. The zero-order valence-corrected chi connectivity index (χ0v) is 21.9. The van der Waals surface area contributed by atoms with Crippen molar-refractivity contribution in [2.75, 3.05) is 0 Å². The lowest BCUT2D eigenvalue weighted by Crippen LogP contribution is -2.63. The van der Waals surface area contributed by atoms with Gasteiger partial charge in [0.2, 0.25) is 0 Å². The van der Waals surface area contributed by atoms with Crippen molar-refractivity contribution >= 4 is 11.8 Å². The Morgan fingerprint density at radius 2 is 1.67 bits per heavy atom. The first-order chi connectivity index (χ1) is 15.3. The van der Waals surface area contributed by atoms with Gasteiger partial charge >= 0.3 is 5.97 Å². The third kappa shape index (κ3) is 2.63. The maximum atomic E-state index is 12.9. The number of carbonyl (C=O) groups is 2. The molecule has 5 aliphatic carbocycles. The second kappa shape index (κ2) is 6.85. The van der Waals surface area contributed by atoms with Crippen LogP contribution in [0.25, 0.3) is 0 Å². The van der Waals surface area contributed by atoms with E-state index in [-0.39, 0.29) is 21.7 Å². The summed E-state index contributed by atoms with van der Waals surface area (Å²) in [5, 5.41) is 10.5. The summed E-state index contributed by atoms with van der Waals surface area (Å²) < 4.78 is 0. The molecule has 0 aromatic heterocycles. The van der Waals surface area contributed by atoms with E-state index in [1.807, 2.05) is 0 Å². The molecule has 3 nitrogen and oxygen atoms in total. The highest BCUT2D eigenvalue weighted by Crippen LogP contribution is 2.74. The van der Waals surface area contributed by atoms with E-state index < -0.39 is 11.4 Å². The first kappa shape index (κ1) is 23.4. The van der Waals surface area contributed by atoms with E-state index in [1.54, 1.807) is 0 Å². The predicted octanol–water partition coefficient (Wildman–Crippen LogP) is 7.36. The van der Waals surface area contributed by atoms with Crippen molar-refractivity contribution in [2.45, 2.75) is 106 Å². The molecule has 0 heterocycles. The minimum atomic E-state index is -0.689. The minimum Gasteiger partial charge on any atom is -0.481 e. The molecule has 0 saturated heterocycles. The molecular weight excluding hydrogens is 408 g/mol. The number of fused-ring (bicyclic) bond motifs is 7. The van der Waals surface area contributed by atoms with Crippen LogP contribution in [0.3, 0.4) is 0 Å². The van der Waals surface area contributed by atoms with E-state index >= 15 is 0 Å². The Morgan fingerprint density at radius 1 is 0.970 bits per heavy atom. The van der Waals surface area contributed by atoms with Gasteiger partial charge in [-0.3, -0.25) is 9.59 Å². The monoisotopic (exact) mass is 452 g/mol. The van der Waals surface area contributed by atoms with E-state index in [0.29, 0.717) is 30.0 Å². The van der Waals surface area contributed by atoms with E-state index in [1.165, 1.54) is 16.7 Å². The van der Waals surface area contributed by atoms with Crippen molar-refractivity contribution in [1.29, 1.82) is 0 Å². The van der Waals surface area contributed by atoms with Crippen LogP contribution in [0.4, 0.5) is 0 Å². The van der Waals surface area contributed by atoms with Crippen molar-refractivity contribution in [3.8, 4) is 0 Å². The zero-order chi connectivity index (χ0) is 24.2. The summed E-state index contributed by atoms with van der Waals surface area (Å²) >= 11 is 0. The molecular formula is C30H44O3. The van der Waals surface area contributed by atoms with E-state index in [4.69, 9.17) is 0 Å². The van der Waals surface area contributed by atoms with E-state index in [9.17, 15) is 14.7 Å². The Labute approximate surface area is 200 Å². The Balaban J connectivity index is 1.66. The second-order valence-electron chi connectivity index (χ2n) is 13.8. The fourth-order valence-corrected chi connectivity index (χ4v) is 10.0. The van der Waals surface area contributed by atoms with Crippen LogP contribution in [0.2, 0.25) is 0 Å². The number of carbonyl (C=O) groups excluding carboxylic acids is 1. The van der Waals surface area contributed by atoms with Crippen LogP contribution in [0, 0.1) is 44.8 Å². The fourth-order valence-electron chi connectivity index (χ4n) is 10.0. The van der Waals surface area contributed by atoms with Gasteiger partial charge in [0.1, 0.15) is 5.78 Å². The highest BCUT2D eigenvalue weighted by molar-refractivity contribution is 5.85. The van der Waals surface area contributed by atoms with Crippen molar-refractivity contribution < 1.29 is 14.7 Å². The maximum Gasteiger partial charge on any atom is 0.314 e. The summed E-state index contributed by atoms with van der Waals surface area (Å²) in [6.45, 7) is 16.4. The molecule has 0 aliphatic heterocycles. The van der Waals surface area contributed by atoms with Crippen LogP contribution in [0.1, 0.15) is 106 Å². The first-order valence-corrected chi connectivity index (χ1v) is 13.4. The van der Waals surface area contributed by atoms with Gasteiger partial charge in [-0.05, 0) is 103 Å². The van der Waals surface area contributed by atoms with Crippen LogP contribution in [-0.4, -0.2) is 16.9 Å². The summed E-state index contributed by atoms with van der Waals surface area (Å²) in [6.07, 6.45) is 11.0. The molecule has 7 atom stereocenters. The zero-order valence-electron chi connectivity index (χ0n) is 21.9. The van der Waals surface area contributed by atoms with Crippen LogP contribution < -0.4 is 0 Å². The summed E-state index contributed by atoms with van der Waals surface area (Å²) in [6, 6.07) is 0. The largest absolute Gasteiger partial charge is 0.481 e. The molecule has 0 aromatic carbocycles. The van der Waals surface area contributed by atoms with Crippen molar-refractivity contribution in [3.63, 3.8) is 0 Å². The smallest absolute Gasteiger partial charge is 0.314 e. The topological polar surface area (TPSA) is 54.4 Å². The van der Waals surface area contributed by atoms with Crippen molar-refractivity contribution in [3.05, 3.63) is 22.8 Å². The number of hydrogen-bond donors (Lipinski definition) is 1. The molecule has 33 heavy (non-hydrogen) atoms. The van der Waals surface area contributed by atoms with Gasteiger partial charge in [0.05, 0.1) is 5.41 Å². The van der Waals surface area contributed by atoms with Gasteiger partial charge in [0, 0.05) is 11.8 Å². The molecule has 0 amide bonds. The van der Waals surface area contributed by atoms with Crippen molar-refractivity contribution in [2.24, 2.45) is 44.8 Å². The van der Waals surface area contributed by atoms with Crippen LogP contribution in [0.15, 0.2) is 22.8 Å². The molecule has 0 aromatic rings. The average molecular weight is 453 g/mol. The number of carboxylic acids is 1. The van der Waals surface area contributed by atoms with Gasteiger partial charge in [0.15, 0.2) is 0 Å². The normalized spacial score (nSPS) is 48.8. The van der Waals surface area contributed by atoms with Crippen molar-refractivity contribution in [1.82, 2.24) is 0 Å². The number of carboxylic acid groups (broad SMARTS) is 1.